The third kappa shape index (κ3) is 3.98. The number of hydrogen-bond donors (Lipinski definition) is 0. The van der Waals surface area contributed by atoms with Gasteiger partial charge in [-0.05, 0) is 37.5 Å². The van der Waals surface area contributed by atoms with E-state index < -0.39 is 29.6 Å². The van der Waals surface area contributed by atoms with Crippen LogP contribution in [0.1, 0.15) is 53.4 Å². The van der Waals surface area contributed by atoms with Crippen molar-refractivity contribution in [1.82, 2.24) is 0 Å². The molecule has 3 rings (SSSR count). The molecule has 0 N–H and O–H groups in total. The first-order valence-corrected chi connectivity index (χ1v) is 10.3. The van der Waals surface area contributed by atoms with Gasteiger partial charge in [0.1, 0.15) is 18.8 Å². The van der Waals surface area contributed by atoms with Crippen LogP contribution in [0.5, 0.6) is 0 Å². The molecule has 0 bridgehead atoms. The van der Waals surface area contributed by atoms with Gasteiger partial charge < -0.3 is 18.9 Å². The van der Waals surface area contributed by atoms with Crippen molar-refractivity contribution in [2.24, 2.45) is 29.1 Å². The second kappa shape index (κ2) is 8.32. The topological polar surface area (TPSA) is 105 Å². The van der Waals surface area contributed by atoms with Crippen LogP contribution in [0.3, 0.4) is 0 Å². The molecule has 1 heterocycles. The molecule has 0 aromatic rings. The molecule has 162 valence electrons. The highest BCUT2D eigenvalue weighted by atomic mass is 16.6. The van der Waals surface area contributed by atoms with Crippen molar-refractivity contribution in [3.05, 3.63) is 0 Å². The summed E-state index contributed by atoms with van der Waals surface area (Å²) in [6.45, 7) is 6.15. The van der Waals surface area contributed by atoms with E-state index in [4.69, 9.17) is 18.9 Å². The SMILES string of the molecule is CC(=O)OC[C@H]1CC[C@H]2[C@H](C)C(=O)O[C@H]2[C@]2(COC(C)=O)[C@@H](OC(C)=O)CC[C@@H]12. The fourth-order valence-corrected chi connectivity index (χ4v) is 5.75. The first-order chi connectivity index (χ1) is 13.7. The fourth-order valence-electron chi connectivity index (χ4n) is 5.75. The summed E-state index contributed by atoms with van der Waals surface area (Å²) in [4.78, 5) is 47.4. The Bertz CT molecular complexity index is 688. The van der Waals surface area contributed by atoms with Gasteiger partial charge in [-0.2, -0.15) is 0 Å². The average molecular weight is 410 g/mol. The molecule has 29 heavy (non-hydrogen) atoms. The highest BCUT2D eigenvalue weighted by Gasteiger charge is 2.66. The Morgan fingerprint density at radius 3 is 2.31 bits per heavy atom. The number of fused-ring (bicyclic) bond motifs is 3. The van der Waals surface area contributed by atoms with Crippen molar-refractivity contribution in [2.45, 2.75) is 65.6 Å². The second-order valence-electron chi connectivity index (χ2n) is 8.62. The van der Waals surface area contributed by atoms with E-state index >= 15 is 0 Å². The lowest BCUT2D eigenvalue weighted by Crippen LogP contribution is -2.54. The van der Waals surface area contributed by atoms with E-state index in [1.807, 2.05) is 6.92 Å². The molecule has 0 radical (unpaired) electrons. The Morgan fingerprint density at radius 1 is 1.00 bits per heavy atom. The van der Waals surface area contributed by atoms with Gasteiger partial charge in [0.15, 0.2) is 0 Å². The predicted molar refractivity (Wildman–Crippen MR) is 99.2 cm³/mol. The molecule has 8 heteroatoms. The van der Waals surface area contributed by atoms with Crippen molar-refractivity contribution in [1.29, 1.82) is 0 Å². The summed E-state index contributed by atoms with van der Waals surface area (Å²) < 4.78 is 22.4. The van der Waals surface area contributed by atoms with Crippen molar-refractivity contribution in [3.8, 4) is 0 Å². The zero-order chi connectivity index (χ0) is 21.3. The Kier molecular flexibility index (Phi) is 6.19. The van der Waals surface area contributed by atoms with Gasteiger partial charge >= 0.3 is 23.9 Å². The molecule has 2 saturated carbocycles. The van der Waals surface area contributed by atoms with Crippen LogP contribution in [-0.4, -0.2) is 49.3 Å². The van der Waals surface area contributed by atoms with Gasteiger partial charge in [0.05, 0.1) is 17.9 Å². The van der Waals surface area contributed by atoms with Gasteiger partial charge in [0.2, 0.25) is 0 Å². The van der Waals surface area contributed by atoms with E-state index in [9.17, 15) is 19.2 Å². The fraction of sp³-hybridized carbons (Fsp3) is 0.810. The third-order valence-electron chi connectivity index (χ3n) is 6.98. The Balaban J connectivity index is 2.05. The largest absolute Gasteiger partial charge is 0.466 e. The van der Waals surface area contributed by atoms with Crippen LogP contribution in [0, 0.1) is 29.1 Å². The van der Waals surface area contributed by atoms with Gasteiger partial charge in [-0.25, -0.2) is 0 Å². The van der Waals surface area contributed by atoms with Crippen LogP contribution in [0.4, 0.5) is 0 Å². The lowest BCUT2D eigenvalue weighted by atomic mass is 9.66. The molecular formula is C21H30O8. The quantitative estimate of drug-likeness (QED) is 0.501. The number of carbonyl (C=O) groups is 4. The minimum absolute atomic E-state index is 0.00266. The standard InChI is InChI=1S/C21H30O8/c1-11-16-6-5-15(9-26-12(2)22)17-7-8-18(28-14(4)24)21(17,10-27-13(3)23)19(16)29-20(11)25/h11,15-19H,5-10H2,1-4H3/t11-,15+,16-,17-,18-,19+,21-/m0/s1. The van der Waals surface area contributed by atoms with Crippen LogP contribution in [-0.2, 0) is 38.1 Å². The first kappa shape index (κ1) is 21.6. The second-order valence-corrected chi connectivity index (χ2v) is 8.62. The Labute approximate surface area is 170 Å². The third-order valence-corrected chi connectivity index (χ3v) is 6.98. The predicted octanol–water partition coefficient (Wildman–Crippen LogP) is 2.03. The molecule has 1 aliphatic heterocycles. The number of esters is 4. The van der Waals surface area contributed by atoms with Crippen LogP contribution in [0.2, 0.25) is 0 Å². The van der Waals surface area contributed by atoms with Crippen molar-refractivity contribution in [2.75, 3.05) is 13.2 Å². The van der Waals surface area contributed by atoms with Crippen molar-refractivity contribution in [3.63, 3.8) is 0 Å². The van der Waals surface area contributed by atoms with Gasteiger partial charge in [-0.1, -0.05) is 6.92 Å². The lowest BCUT2D eigenvalue weighted by molar-refractivity contribution is -0.183. The average Bonchev–Trinajstić information content (AvgIpc) is 3.07. The van der Waals surface area contributed by atoms with E-state index in [2.05, 4.69) is 0 Å². The van der Waals surface area contributed by atoms with E-state index in [1.165, 1.54) is 20.8 Å². The molecule has 1 saturated heterocycles. The smallest absolute Gasteiger partial charge is 0.309 e. The zero-order valence-corrected chi connectivity index (χ0v) is 17.5. The van der Waals surface area contributed by atoms with E-state index in [-0.39, 0.29) is 48.8 Å². The molecule has 0 unspecified atom stereocenters. The zero-order valence-electron chi connectivity index (χ0n) is 17.5. The van der Waals surface area contributed by atoms with Crippen LogP contribution in [0.15, 0.2) is 0 Å². The number of hydrogen-bond acceptors (Lipinski definition) is 8. The van der Waals surface area contributed by atoms with Crippen LogP contribution < -0.4 is 0 Å². The molecule has 0 aromatic heterocycles. The summed E-state index contributed by atoms with van der Waals surface area (Å²) in [7, 11) is 0. The van der Waals surface area contributed by atoms with E-state index in [0.717, 1.165) is 12.8 Å². The summed E-state index contributed by atoms with van der Waals surface area (Å²) in [5.41, 5.74) is -0.844. The van der Waals surface area contributed by atoms with Gasteiger partial charge in [-0.3, -0.25) is 19.2 Å². The minimum Gasteiger partial charge on any atom is -0.466 e. The van der Waals surface area contributed by atoms with Gasteiger partial charge in [-0.15, -0.1) is 0 Å². The summed E-state index contributed by atoms with van der Waals surface area (Å²) in [5.74, 6) is -1.92. The summed E-state index contributed by atoms with van der Waals surface area (Å²) >= 11 is 0. The van der Waals surface area contributed by atoms with E-state index in [0.29, 0.717) is 12.8 Å². The van der Waals surface area contributed by atoms with E-state index in [1.54, 1.807) is 0 Å². The molecule has 0 amide bonds. The molecule has 3 fully saturated rings. The summed E-state index contributed by atoms with van der Waals surface area (Å²) in [6.07, 6.45) is 1.73. The molecule has 7 atom stereocenters. The highest BCUT2D eigenvalue weighted by Crippen LogP contribution is 2.59. The molecule has 0 aromatic carbocycles. The van der Waals surface area contributed by atoms with Gasteiger partial charge in [0, 0.05) is 26.7 Å². The summed E-state index contributed by atoms with van der Waals surface area (Å²) in [6, 6.07) is 0. The van der Waals surface area contributed by atoms with Crippen LogP contribution in [0.25, 0.3) is 0 Å². The Morgan fingerprint density at radius 2 is 1.69 bits per heavy atom. The molecule has 8 nitrogen and oxygen atoms in total. The maximum Gasteiger partial charge on any atom is 0.309 e. The molecule has 2 aliphatic carbocycles. The van der Waals surface area contributed by atoms with Crippen molar-refractivity contribution < 1.29 is 38.1 Å². The van der Waals surface area contributed by atoms with Crippen molar-refractivity contribution >= 4 is 23.9 Å². The van der Waals surface area contributed by atoms with Gasteiger partial charge in [0.25, 0.3) is 0 Å². The number of rotatable bonds is 5. The molecular weight excluding hydrogens is 380 g/mol. The minimum atomic E-state index is -0.844. The monoisotopic (exact) mass is 410 g/mol. The maximum absolute atomic E-state index is 12.4. The normalized spacial score (nSPS) is 38.3. The lowest BCUT2D eigenvalue weighted by Gasteiger charge is -2.44. The number of ether oxygens (including phenoxy) is 4. The molecule has 0 spiro atoms. The maximum atomic E-state index is 12.4. The molecule has 3 aliphatic rings. The highest BCUT2D eigenvalue weighted by molar-refractivity contribution is 5.75. The van der Waals surface area contributed by atoms with Crippen LogP contribution >= 0.6 is 0 Å². The number of carbonyl (C=O) groups excluding carboxylic acids is 4. The Hall–Kier alpha value is -2.12. The summed E-state index contributed by atoms with van der Waals surface area (Å²) in [5, 5.41) is 0. The first-order valence-electron chi connectivity index (χ1n) is 10.3.